The van der Waals surface area contributed by atoms with Crippen LogP contribution < -0.4 is 4.74 Å². The zero-order valence-electron chi connectivity index (χ0n) is 11.2. The quantitative estimate of drug-likeness (QED) is 0.680. The van der Waals surface area contributed by atoms with Crippen molar-refractivity contribution in [2.45, 2.75) is 12.5 Å². The largest absolute Gasteiger partial charge is 0.488 e. The van der Waals surface area contributed by atoms with Gasteiger partial charge in [0, 0.05) is 24.4 Å². The Bertz CT molecular complexity index is 736. The van der Waals surface area contributed by atoms with Crippen LogP contribution in [0.2, 0.25) is 0 Å². The van der Waals surface area contributed by atoms with Gasteiger partial charge in [-0.1, -0.05) is 30.3 Å². The smallest absolute Gasteiger partial charge is 0.124 e. The van der Waals surface area contributed by atoms with E-state index in [-0.39, 0.29) is 0 Å². The van der Waals surface area contributed by atoms with E-state index >= 15 is 0 Å². The molecule has 3 aromatic rings. The van der Waals surface area contributed by atoms with Crippen molar-refractivity contribution < 1.29 is 4.74 Å². The minimum atomic E-state index is 0.434. The fourth-order valence-corrected chi connectivity index (χ4v) is 2.57. The molecule has 2 aromatic carbocycles. The molecule has 0 fully saturated rings. The van der Waals surface area contributed by atoms with Gasteiger partial charge >= 0.3 is 0 Å². The molecule has 0 N–H and O–H groups in total. The van der Waals surface area contributed by atoms with Crippen LogP contribution >= 0.6 is 11.6 Å². The number of benzene rings is 2. The summed E-state index contributed by atoms with van der Waals surface area (Å²) in [5.41, 5.74) is 2.08. The third-order valence-electron chi connectivity index (χ3n) is 3.28. The molecular weight excluding hydrogens is 272 g/mol. The first-order chi connectivity index (χ1) is 9.78. The van der Waals surface area contributed by atoms with Gasteiger partial charge < -0.3 is 4.74 Å². The number of aromatic nitrogens is 2. The van der Waals surface area contributed by atoms with Crippen molar-refractivity contribution in [3.8, 4) is 5.75 Å². The molecule has 1 heterocycles. The van der Waals surface area contributed by atoms with Gasteiger partial charge in [-0.3, -0.25) is 4.68 Å². The molecular formula is C16H15ClN2O. The van der Waals surface area contributed by atoms with Gasteiger partial charge in [0.25, 0.3) is 0 Å². The predicted octanol–water partition coefficient (Wildman–Crippen LogP) is 3.89. The minimum absolute atomic E-state index is 0.434. The average Bonchev–Trinajstić information content (AvgIpc) is 2.90. The summed E-state index contributed by atoms with van der Waals surface area (Å²) < 4.78 is 7.66. The molecule has 102 valence electrons. The second kappa shape index (κ2) is 5.55. The van der Waals surface area contributed by atoms with E-state index in [9.17, 15) is 0 Å². The Morgan fingerprint density at radius 1 is 1.20 bits per heavy atom. The highest BCUT2D eigenvalue weighted by molar-refractivity contribution is 6.18. The molecule has 3 nitrogen and oxygen atoms in total. The molecule has 0 atom stereocenters. The Hall–Kier alpha value is -2.00. The number of ether oxygens (including phenoxy) is 1. The van der Waals surface area contributed by atoms with Crippen LogP contribution in [0.15, 0.2) is 48.8 Å². The maximum Gasteiger partial charge on any atom is 0.124 e. The second-order valence-corrected chi connectivity index (χ2v) is 4.98. The van der Waals surface area contributed by atoms with Gasteiger partial charge in [0.1, 0.15) is 12.4 Å². The van der Waals surface area contributed by atoms with E-state index in [0.29, 0.717) is 12.5 Å². The number of hydrogen-bond acceptors (Lipinski definition) is 2. The van der Waals surface area contributed by atoms with Crippen LogP contribution in [0.25, 0.3) is 10.8 Å². The number of alkyl halides is 1. The van der Waals surface area contributed by atoms with Gasteiger partial charge in [0.2, 0.25) is 0 Å². The number of aryl methyl sites for hydroxylation is 1. The summed E-state index contributed by atoms with van der Waals surface area (Å²) in [7, 11) is 1.89. The monoisotopic (exact) mass is 286 g/mol. The Morgan fingerprint density at radius 2 is 2.05 bits per heavy atom. The first-order valence-electron chi connectivity index (χ1n) is 6.45. The van der Waals surface area contributed by atoms with Crippen LogP contribution in [-0.4, -0.2) is 9.78 Å². The van der Waals surface area contributed by atoms with Gasteiger partial charge in [-0.25, -0.2) is 0 Å². The Balaban J connectivity index is 1.91. The van der Waals surface area contributed by atoms with Crippen LogP contribution in [0.5, 0.6) is 5.75 Å². The minimum Gasteiger partial charge on any atom is -0.488 e. The molecule has 0 amide bonds. The van der Waals surface area contributed by atoms with Crippen molar-refractivity contribution in [3.63, 3.8) is 0 Å². The van der Waals surface area contributed by atoms with Gasteiger partial charge in [-0.2, -0.15) is 5.10 Å². The van der Waals surface area contributed by atoms with E-state index in [1.807, 2.05) is 31.4 Å². The SMILES string of the molecule is Cn1cc(COc2ccc3ccccc3c2CCl)cn1. The molecule has 20 heavy (non-hydrogen) atoms. The van der Waals surface area contributed by atoms with Crippen LogP contribution in [0.1, 0.15) is 11.1 Å². The molecule has 0 aliphatic heterocycles. The zero-order chi connectivity index (χ0) is 13.9. The van der Waals surface area contributed by atoms with Gasteiger partial charge in [-0.15, -0.1) is 11.6 Å². The van der Waals surface area contributed by atoms with E-state index in [0.717, 1.165) is 22.3 Å². The summed E-state index contributed by atoms with van der Waals surface area (Å²) >= 11 is 6.10. The van der Waals surface area contributed by atoms with E-state index in [1.54, 1.807) is 10.9 Å². The van der Waals surface area contributed by atoms with Gasteiger partial charge in [0.15, 0.2) is 0 Å². The molecule has 3 rings (SSSR count). The Labute approximate surface area is 122 Å². The maximum absolute atomic E-state index is 6.10. The molecule has 0 aliphatic carbocycles. The summed E-state index contributed by atoms with van der Waals surface area (Å²) in [5, 5.41) is 6.45. The topological polar surface area (TPSA) is 27.1 Å². The first kappa shape index (κ1) is 13.0. The number of rotatable bonds is 4. The number of fused-ring (bicyclic) bond motifs is 1. The molecule has 0 unspecified atom stereocenters. The Morgan fingerprint density at radius 3 is 2.80 bits per heavy atom. The predicted molar refractivity (Wildman–Crippen MR) is 81.0 cm³/mol. The third kappa shape index (κ3) is 2.49. The molecule has 0 saturated heterocycles. The van der Waals surface area contributed by atoms with Crippen molar-refractivity contribution in [1.29, 1.82) is 0 Å². The molecule has 0 aliphatic rings. The van der Waals surface area contributed by atoms with Crippen LogP contribution in [0.3, 0.4) is 0 Å². The fraction of sp³-hybridized carbons (Fsp3) is 0.188. The lowest BCUT2D eigenvalue weighted by molar-refractivity contribution is 0.304. The zero-order valence-corrected chi connectivity index (χ0v) is 12.0. The summed E-state index contributed by atoms with van der Waals surface area (Å²) in [6.07, 6.45) is 3.75. The van der Waals surface area contributed by atoms with Crippen molar-refractivity contribution in [1.82, 2.24) is 9.78 Å². The standard InChI is InChI=1S/C16H15ClN2O/c1-19-10-12(9-18-19)11-20-16-7-6-13-4-2-3-5-14(13)15(16)8-17/h2-7,9-10H,8,11H2,1H3. The summed E-state index contributed by atoms with van der Waals surface area (Å²) in [5.74, 6) is 1.27. The highest BCUT2D eigenvalue weighted by Gasteiger charge is 2.08. The van der Waals surface area contributed by atoms with Crippen LogP contribution in [-0.2, 0) is 19.5 Å². The van der Waals surface area contributed by atoms with Crippen molar-refractivity contribution in [2.24, 2.45) is 7.05 Å². The fourth-order valence-electron chi connectivity index (χ4n) is 2.30. The summed E-state index contributed by atoms with van der Waals surface area (Å²) in [4.78, 5) is 0. The lowest BCUT2D eigenvalue weighted by Gasteiger charge is -2.12. The number of halogens is 1. The van der Waals surface area contributed by atoms with E-state index in [2.05, 4.69) is 23.3 Å². The van der Waals surface area contributed by atoms with Gasteiger partial charge in [-0.05, 0) is 16.8 Å². The lowest BCUT2D eigenvalue weighted by atomic mass is 10.0. The van der Waals surface area contributed by atoms with Crippen LogP contribution in [0, 0.1) is 0 Å². The first-order valence-corrected chi connectivity index (χ1v) is 6.98. The van der Waals surface area contributed by atoms with Crippen molar-refractivity contribution in [2.75, 3.05) is 0 Å². The third-order valence-corrected chi connectivity index (χ3v) is 3.55. The molecule has 0 bridgehead atoms. The average molecular weight is 287 g/mol. The summed E-state index contributed by atoms with van der Waals surface area (Å²) in [6, 6.07) is 12.2. The second-order valence-electron chi connectivity index (χ2n) is 4.71. The maximum atomic E-state index is 6.10. The Kier molecular flexibility index (Phi) is 3.61. The van der Waals surface area contributed by atoms with Crippen molar-refractivity contribution >= 4 is 22.4 Å². The van der Waals surface area contributed by atoms with Crippen molar-refractivity contribution in [3.05, 3.63) is 59.9 Å². The van der Waals surface area contributed by atoms with Crippen LogP contribution in [0.4, 0.5) is 0 Å². The summed E-state index contributed by atoms with van der Waals surface area (Å²) in [6.45, 7) is 0.496. The van der Waals surface area contributed by atoms with E-state index in [1.165, 1.54) is 5.39 Å². The normalized spacial score (nSPS) is 10.9. The number of hydrogen-bond donors (Lipinski definition) is 0. The highest BCUT2D eigenvalue weighted by atomic mass is 35.5. The van der Waals surface area contributed by atoms with E-state index in [4.69, 9.17) is 16.3 Å². The lowest BCUT2D eigenvalue weighted by Crippen LogP contribution is -1.97. The molecule has 0 spiro atoms. The molecule has 0 radical (unpaired) electrons. The van der Waals surface area contributed by atoms with E-state index < -0.39 is 0 Å². The number of nitrogens with zero attached hydrogens (tertiary/aromatic N) is 2. The molecule has 1 aromatic heterocycles. The van der Waals surface area contributed by atoms with Gasteiger partial charge in [0.05, 0.1) is 12.1 Å². The molecule has 0 saturated carbocycles. The molecule has 4 heteroatoms. The highest BCUT2D eigenvalue weighted by Crippen LogP contribution is 2.30.